The van der Waals surface area contributed by atoms with E-state index in [0.717, 1.165) is 37.0 Å². The number of nitrogens with zero attached hydrogens (tertiary/aromatic N) is 3. The van der Waals surface area contributed by atoms with Crippen molar-refractivity contribution >= 4 is 11.0 Å². The molecule has 2 heterocycles. The van der Waals surface area contributed by atoms with E-state index in [9.17, 15) is 4.39 Å². The molecule has 1 N–H and O–H groups in total. The van der Waals surface area contributed by atoms with Crippen LogP contribution in [0.2, 0.25) is 0 Å². The van der Waals surface area contributed by atoms with Crippen molar-refractivity contribution in [1.82, 2.24) is 14.5 Å². The minimum Gasteiger partial charge on any atom is -0.395 e. The van der Waals surface area contributed by atoms with Crippen molar-refractivity contribution in [3.05, 3.63) is 30.3 Å². The number of piperidine rings is 1. The number of benzene rings is 1. The highest BCUT2D eigenvalue weighted by molar-refractivity contribution is 5.75. The fourth-order valence-corrected chi connectivity index (χ4v) is 2.89. The first-order valence-corrected chi connectivity index (χ1v) is 6.73. The molecule has 0 saturated carbocycles. The van der Waals surface area contributed by atoms with Crippen LogP contribution in [0.1, 0.15) is 18.9 Å². The lowest BCUT2D eigenvalue weighted by Crippen LogP contribution is -2.38. The van der Waals surface area contributed by atoms with E-state index in [2.05, 4.69) is 14.5 Å². The molecule has 3 rings (SSSR count). The number of likely N-dealkylation sites (tertiary alicyclic amines) is 1. The van der Waals surface area contributed by atoms with E-state index in [-0.39, 0.29) is 12.4 Å². The highest BCUT2D eigenvalue weighted by atomic mass is 19.1. The number of aromatic nitrogens is 2. The van der Waals surface area contributed by atoms with Crippen molar-refractivity contribution in [3.8, 4) is 0 Å². The zero-order chi connectivity index (χ0) is 13.2. The van der Waals surface area contributed by atoms with Crippen molar-refractivity contribution in [3.63, 3.8) is 0 Å². The third-order valence-electron chi connectivity index (χ3n) is 3.83. The number of imidazole rings is 1. The lowest BCUT2D eigenvalue weighted by Gasteiger charge is -2.33. The fraction of sp³-hybridized carbons (Fsp3) is 0.500. The van der Waals surface area contributed by atoms with Crippen molar-refractivity contribution in [1.29, 1.82) is 0 Å². The maximum absolute atomic E-state index is 13.4. The number of hydrogen-bond acceptors (Lipinski definition) is 3. The second-order valence-electron chi connectivity index (χ2n) is 5.11. The molecule has 0 amide bonds. The standard InChI is InChI=1S/C14H18FN3O/c15-11-3-4-13-14(8-11)18(10-16-13)12-2-1-5-17(9-12)6-7-19/h3-4,8,10,12,19H,1-2,5-7,9H2/t12-/m0/s1. The monoisotopic (exact) mass is 263 g/mol. The highest BCUT2D eigenvalue weighted by Gasteiger charge is 2.22. The van der Waals surface area contributed by atoms with Crippen molar-refractivity contribution in [2.75, 3.05) is 26.2 Å². The normalized spacial score (nSPS) is 21.1. The van der Waals surface area contributed by atoms with E-state index in [1.165, 1.54) is 6.07 Å². The summed E-state index contributed by atoms with van der Waals surface area (Å²) >= 11 is 0. The Morgan fingerprint density at radius 2 is 2.32 bits per heavy atom. The molecule has 4 nitrogen and oxygen atoms in total. The molecule has 0 spiro atoms. The summed E-state index contributed by atoms with van der Waals surface area (Å²) < 4.78 is 15.4. The van der Waals surface area contributed by atoms with Gasteiger partial charge in [0.15, 0.2) is 0 Å². The minimum atomic E-state index is -0.225. The number of aliphatic hydroxyl groups is 1. The Hall–Kier alpha value is -1.46. The molecule has 0 aliphatic carbocycles. The molecule has 0 radical (unpaired) electrons. The summed E-state index contributed by atoms with van der Waals surface area (Å²) in [6.07, 6.45) is 3.97. The molecule has 5 heteroatoms. The molecule has 19 heavy (non-hydrogen) atoms. The van der Waals surface area contributed by atoms with Crippen LogP contribution in [0.25, 0.3) is 11.0 Å². The lowest BCUT2D eigenvalue weighted by atomic mass is 10.1. The van der Waals surface area contributed by atoms with Crippen LogP contribution < -0.4 is 0 Å². The average Bonchev–Trinajstić information content (AvgIpc) is 2.82. The molecule has 102 valence electrons. The number of hydrogen-bond donors (Lipinski definition) is 1. The molecule has 0 unspecified atom stereocenters. The predicted molar refractivity (Wildman–Crippen MR) is 71.5 cm³/mol. The topological polar surface area (TPSA) is 41.3 Å². The van der Waals surface area contributed by atoms with Crippen molar-refractivity contribution in [2.24, 2.45) is 0 Å². The molecule has 0 bridgehead atoms. The van der Waals surface area contributed by atoms with E-state index in [4.69, 9.17) is 5.11 Å². The van der Waals surface area contributed by atoms with Gasteiger partial charge in [-0.3, -0.25) is 4.90 Å². The summed E-state index contributed by atoms with van der Waals surface area (Å²) in [6.45, 7) is 2.81. The first-order chi connectivity index (χ1) is 9.28. The molecular formula is C14H18FN3O. The van der Waals surface area contributed by atoms with Crippen LogP contribution in [-0.4, -0.2) is 45.8 Å². The van der Waals surface area contributed by atoms with Gasteiger partial charge < -0.3 is 9.67 Å². The summed E-state index contributed by atoms with van der Waals surface area (Å²) in [5, 5.41) is 9.03. The average molecular weight is 263 g/mol. The Labute approximate surface area is 111 Å². The molecule has 1 aliphatic rings. The molecule has 1 aromatic carbocycles. The smallest absolute Gasteiger partial charge is 0.125 e. The van der Waals surface area contributed by atoms with E-state index in [1.807, 2.05) is 0 Å². The second-order valence-corrected chi connectivity index (χ2v) is 5.11. The van der Waals surface area contributed by atoms with E-state index < -0.39 is 0 Å². The fourth-order valence-electron chi connectivity index (χ4n) is 2.89. The number of fused-ring (bicyclic) bond motifs is 1. The first kappa shape index (κ1) is 12.6. The Balaban J connectivity index is 1.88. The predicted octanol–water partition coefficient (Wildman–Crippen LogP) is 1.80. The van der Waals surface area contributed by atoms with Crippen LogP contribution in [0, 0.1) is 5.82 Å². The molecule has 1 aliphatic heterocycles. The van der Waals surface area contributed by atoms with E-state index in [0.29, 0.717) is 12.6 Å². The Morgan fingerprint density at radius 3 is 3.16 bits per heavy atom. The van der Waals surface area contributed by atoms with Crippen LogP contribution in [0.15, 0.2) is 24.5 Å². The molecule has 1 saturated heterocycles. The largest absolute Gasteiger partial charge is 0.395 e. The zero-order valence-electron chi connectivity index (χ0n) is 10.8. The Kier molecular flexibility index (Phi) is 3.48. The van der Waals surface area contributed by atoms with Crippen molar-refractivity contribution in [2.45, 2.75) is 18.9 Å². The summed E-state index contributed by atoms with van der Waals surface area (Å²) in [4.78, 5) is 6.58. The van der Waals surface area contributed by atoms with Gasteiger partial charge in [-0.2, -0.15) is 0 Å². The number of aliphatic hydroxyl groups excluding tert-OH is 1. The summed E-state index contributed by atoms with van der Waals surface area (Å²) in [5.41, 5.74) is 1.69. The first-order valence-electron chi connectivity index (χ1n) is 6.73. The minimum absolute atomic E-state index is 0.187. The summed E-state index contributed by atoms with van der Waals surface area (Å²) in [6, 6.07) is 5.02. The van der Waals surface area contributed by atoms with Gasteiger partial charge >= 0.3 is 0 Å². The number of β-amino-alcohol motifs (C(OH)–C–C–N with tert-alkyl or cyclic N) is 1. The molecule has 2 aromatic rings. The van der Waals surface area contributed by atoms with Crippen LogP contribution in [0.3, 0.4) is 0 Å². The second kappa shape index (κ2) is 5.27. The quantitative estimate of drug-likeness (QED) is 0.918. The number of rotatable bonds is 3. The molecule has 1 atom stereocenters. The summed E-state index contributed by atoms with van der Waals surface area (Å²) in [5.74, 6) is -0.225. The number of halogens is 1. The van der Waals surface area contributed by atoms with Gasteiger partial charge in [0, 0.05) is 19.1 Å². The van der Waals surface area contributed by atoms with Crippen LogP contribution in [-0.2, 0) is 0 Å². The summed E-state index contributed by atoms with van der Waals surface area (Å²) in [7, 11) is 0. The van der Waals surface area contributed by atoms with Gasteiger partial charge in [0.2, 0.25) is 0 Å². The Morgan fingerprint density at radius 1 is 1.42 bits per heavy atom. The highest BCUT2D eigenvalue weighted by Crippen LogP contribution is 2.25. The zero-order valence-corrected chi connectivity index (χ0v) is 10.8. The maximum atomic E-state index is 13.4. The van der Waals surface area contributed by atoms with E-state index >= 15 is 0 Å². The lowest BCUT2D eigenvalue weighted by molar-refractivity contribution is 0.144. The van der Waals surface area contributed by atoms with Crippen LogP contribution >= 0.6 is 0 Å². The van der Waals surface area contributed by atoms with Crippen LogP contribution in [0.4, 0.5) is 4.39 Å². The van der Waals surface area contributed by atoms with E-state index in [1.54, 1.807) is 18.5 Å². The van der Waals surface area contributed by atoms with Gasteiger partial charge in [-0.05, 0) is 37.6 Å². The van der Waals surface area contributed by atoms with Crippen molar-refractivity contribution < 1.29 is 9.50 Å². The van der Waals surface area contributed by atoms with Gasteiger partial charge in [-0.25, -0.2) is 9.37 Å². The van der Waals surface area contributed by atoms with Gasteiger partial charge in [-0.1, -0.05) is 0 Å². The van der Waals surface area contributed by atoms with Gasteiger partial charge in [0.1, 0.15) is 5.82 Å². The Bertz CT molecular complexity index is 567. The van der Waals surface area contributed by atoms with Gasteiger partial charge in [0.25, 0.3) is 0 Å². The maximum Gasteiger partial charge on any atom is 0.125 e. The molecule has 1 aromatic heterocycles. The van der Waals surface area contributed by atoms with Gasteiger partial charge in [-0.15, -0.1) is 0 Å². The third kappa shape index (κ3) is 2.48. The third-order valence-corrected chi connectivity index (χ3v) is 3.83. The molecular weight excluding hydrogens is 245 g/mol. The SMILES string of the molecule is OCCN1CCC[C@H](n2cnc3ccc(F)cc32)C1. The molecule has 1 fully saturated rings. The van der Waals surface area contributed by atoms with Gasteiger partial charge in [0.05, 0.1) is 24.0 Å². The van der Waals surface area contributed by atoms with Crippen LogP contribution in [0.5, 0.6) is 0 Å².